The summed E-state index contributed by atoms with van der Waals surface area (Å²) in [6, 6.07) is 31.7. The van der Waals surface area contributed by atoms with Crippen LogP contribution in [-0.4, -0.2) is 50.0 Å². The van der Waals surface area contributed by atoms with Crippen molar-refractivity contribution in [3.8, 4) is 11.5 Å². The van der Waals surface area contributed by atoms with Crippen molar-refractivity contribution >= 4 is 43.5 Å². The molecule has 0 bridgehead atoms. The summed E-state index contributed by atoms with van der Waals surface area (Å²) in [5.74, 6) is 0.351. The molecule has 2 amide bonds. The third-order valence-corrected chi connectivity index (χ3v) is 8.93. The number of carbonyl (C=O) groups excluding carboxylic acids is 2. The van der Waals surface area contributed by atoms with Gasteiger partial charge in [0.1, 0.15) is 24.1 Å². The van der Waals surface area contributed by atoms with Crippen LogP contribution in [0.1, 0.15) is 31.4 Å². The van der Waals surface area contributed by atoms with E-state index in [2.05, 4.69) is 21.2 Å². The number of amides is 2. The molecule has 2 atom stereocenters. The fourth-order valence-electron chi connectivity index (χ4n) is 4.75. The molecule has 0 aliphatic heterocycles. The number of nitrogens with zero attached hydrogens (tertiary/aromatic N) is 2. The van der Waals surface area contributed by atoms with E-state index >= 15 is 0 Å². The Kier molecular flexibility index (Phi) is 11.8. The number of sulfonamides is 1. The van der Waals surface area contributed by atoms with Gasteiger partial charge in [0.15, 0.2) is 0 Å². The monoisotopic (exact) mass is 691 g/mol. The van der Waals surface area contributed by atoms with Crippen molar-refractivity contribution in [2.45, 2.75) is 45.3 Å². The number of ether oxygens (including phenoxy) is 1. The van der Waals surface area contributed by atoms with Crippen LogP contribution in [0.3, 0.4) is 0 Å². The summed E-state index contributed by atoms with van der Waals surface area (Å²) in [5, 5.41) is 3.04. The van der Waals surface area contributed by atoms with Gasteiger partial charge in [-0.3, -0.25) is 13.9 Å². The van der Waals surface area contributed by atoms with Gasteiger partial charge in [-0.05, 0) is 73.0 Å². The zero-order valence-electron chi connectivity index (χ0n) is 25.6. The van der Waals surface area contributed by atoms with Gasteiger partial charge in [-0.15, -0.1) is 0 Å². The molecule has 8 nitrogen and oxygen atoms in total. The average molecular weight is 693 g/mol. The van der Waals surface area contributed by atoms with Crippen LogP contribution >= 0.6 is 15.9 Å². The van der Waals surface area contributed by atoms with E-state index in [1.165, 1.54) is 4.90 Å². The first-order valence-electron chi connectivity index (χ1n) is 14.7. The van der Waals surface area contributed by atoms with Crippen LogP contribution in [0, 0.1) is 0 Å². The number of hydrogen-bond donors (Lipinski definition) is 1. The standard InChI is InChI=1S/C35H38BrN3O5S/c1-4-26(2)37-35(41)33(23-27-12-7-5-8-13-27)38(24-28-14-11-15-29(36)22-28)34(40)25-39(45(3,42)43)30-18-20-32(21-19-30)44-31-16-9-6-10-17-31/h5-22,26,33H,4,23-25H2,1-3H3,(H,37,41)/t26-,33+/m0/s1. The second-order valence-electron chi connectivity index (χ2n) is 10.9. The molecule has 45 heavy (non-hydrogen) atoms. The highest BCUT2D eigenvalue weighted by Crippen LogP contribution is 2.26. The van der Waals surface area contributed by atoms with Gasteiger partial charge in [0, 0.05) is 23.5 Å². The largest absolute Gasteiger partial charge is 0.457 e. The Balaban J connectivity index is 1.68. The highest BCUT2D eigenvalue weighted by Gasteiger charge is 2.33. The van der Waals surface area contributed by atoms with Crippen molar-refractivity contribution in [1.29, 1.82) is 0 Å². The van der Waals surface area contributed by atoms with Crippen LogP contribution in [0.5, 0.6) is 11.5 Å². The number of para-hydroxylation sites is 1. The van der Waals surface area contributed by atoms with Gasteiger partial charge < -0.3 is 15.0 Å². The molecule has 4 aromatic carbocycles. The average Bonchev–Trinajstić information content (AvgIpc) is 3.02. The molecule has 4 aromatic rings. The second kappa shape index (κ2) is 15.7. The molecular weight excluding hydrogens is 654 g/mol. The maximum Gasteiger partial charge on any atom is 0.244 e. The number of benzene rings is 4. The van der Waals surface area contributed by atoms with Gasteiger partial charge in [0.05, 0.1) is 11.9 Å². The van der Waals surface area contributed by atoms with Gasteiger partial charge in [0.25, 0.3) is 0 Å². The van der Waals surface area contributed by atoms with Gasteiger partial charge in [0.2, 0.25) is 21.8 Å². The summed E-state index contributed by atoms with van der Waals surface area (Å²) < 4.78 is 33.9. The number of nitrogens with one attached hydrogen (secondary N) is 1. The third-order valence-electron chi connectivity index (χ3n) is 7.30. The van der Waals surface area contributed by atoms with Crippen LogP contribution in [0.2, 0.25) is 0 Å². The summed E-state index contributed by atoms with van der Waals surface area (Å²) in [6.45, 7) is 3.50. The van der Waals surface area contributed by atoms with E-state index in [0.29, 0.717) is 17.2 Å². The first-order valence-corrected chi connectivity index (χ1v) is 17.4. The predicted molar refractivity (Wildman–Crippen MR) is 182 cm³/mol. The summed E-state index contributed by atoms with van der Waals surface area (Å²) in [7, 11) is -3.89. The molecule has 0 aliphatic carbocycles. The van der Waals surface area contributed by atoms with Crippen molar-refractivity contribution in [2.24, 2.45) is 0 Å². The maximum absolute atomic E-state index is 14.3. The minimum absolute atomic E-state index is 0.102. The van der Waals surface area contributed by atoms with Crippen LogP contribution in [0.25, 0.3) is 0 Å². The predicted octanol–water partition coefficient (Wildman–Crippen LogP) is 6.56. The Hall–Kier alpha value is -4.15. The van der Waals surface area contributed by atoms with E-state index in [0.717, 1.165) is 32.6 Å². The molecule has 0 spiro atoms. The molecule has 0 saturated carbocycles. The SMILES string of the molecule is CC[C@H](C)NC(=O)[C@@H](Cc1ccccc1)N(Cc1cccc(Br)c1)C(=O)CN(c1ccc(Oc2ccccc2)cc1)S(C)(=O)=O. The lowest BCUT2D eigenvalue weighted by atomic mass is 10.0. The minimum Gasteiger partial charge on any atom is -0.457 e. The molecule has 0 saturated heterocycles. The lowest BCUT2D eigenvalue weighted by molar-refractivity contribution is -0.140. The third kappa shape index (κ3) is 9.92. The highest BCUT2D eigenvalue weighted by molar-refractivity contribution is 9.10. The normalized spacial score (nSPS) is 12.5. The Morgan fingerprint density at radius 2 is 1.44 bits per heavy atom. The number of carbonyl (C=O) groups is 2. The number of halogens is 1. The lowest BCUT2D eigenvalue weighted by Crippen LogP contribution is -2.54. The topological polar surface area (TPSA) is 96.0 Å². The second-order valence-corrected chi connectivity index (χ2v) is 13.7. The zero-order chi connectivity index (χ0) is 32.4. The molecule has 0 aromatic heterocycles. The minimum atomic E-state index is -3.89. The van der Waals surface area contributed by atoms with Crippen molar-refractivity contribution in [3.05, 3.63) is 125 Å². The van der Waals surface area contributed by atoms with Gasteiger partial charge in [-0.2, -0.15) is 0 Å². The van der Waals surface area contributed by atoms with Crippen molar-refractivity contribution in [3.63, 3.8) is 0 Å². The molecule has 0 radical (unpaired) electrons. The molecule has 0 fully saturated rings. The van der Waals surface area contributed by atoms with Crippen LogP contribution in [0.4, 0.5) is 5.69 Å². The van der Waals surface area contributed by atoms with Crippen molar-refractivity contribution < 1.29 is 22.7 Å². The maximum atomic E-state index is 14.3. The van der Waals surface area contributed by atoms with Crippen LogP contribution in [0.15, 0.2) is 114 Å². The molecule has 0 heterocycles. The fourth-order valence-corrected chi connectivity index (χ4v) is 6.04. The van der Waals surface area contributed by atoms with Gasteiger partial charge in [-0.25, -0.2) is 8.42 Å². The smallest absolute Gasteiger partial charge is 0.244 e. The summed E-state index contributed by atoms with van der Waals surface area (Å²) in [5.41, 5.74) is 1.97. The van der Waals surface area contributed by atoms with Crippen molar-refractivity contribution in [1.82, 2.24) is 10.2 Å². The van der Waals surface area contributed by atoms with Gasteiger partial charge in [-0.1, -0.05) is 83.5 Å². The summed E-state index contributed by atoms with van der Waals surface area (Å²) >= 11 is 3.49. The quantitative estimate of drug-likeness (QED) is 0.162. The van der Waals surface area contributed by atoms with Gasteiger partial charge >= 0.3 is 0 Å². The van der Waals surface area contributed by atoms with E-state index in [-0.39, 0.29) is 24.9 Å². The van der Waals surface area contributed by atoms with E-state index in [1.807, 2.05) is 98.8 Å². The lowest BCUT2D eigenvalue weighted by Gasteiger charge is -2.34. The first kappa shape index (κ1) is 33.7. The van der Waals surface area contributed by atoms with Crippen LogP contribution < -0.4 is 14.4 Å². The molecule has 0 unspecified atom stereocenters. The molecule has 10 heteroatoms. The summed E-state index contributed by atoms with van der Waals surface area (Å²) in [6.07, 6.45) is 2.03. The number of hydrogen-bond acceptors (Lipinski definition) is 5. The Labute approximate surface area is 274 Å². The van der Waals surface area contributed by atoms with Crippen LogP contribution in [-0.2, 0) is 32.6 Å². The fraction of sp³-hybridized carbons (Fsp3) is 0.257. The van der Waals surface area contributed by atoms with E-state index < -0.39 is 28.5 Å². The Morgan fingerprint density at radius 3 is 2.04 bits per heavy atom. The molecule has 236 valence electrons. The number of anilines is 1. The van der Waals surface area contributed by atoms with E-state index in [4.69, 9.17) is 4.74 Å². The Morgan fingerprint density at radius 1 is 0.844 bits per heavy atom. The molecule has 4 rings (SSSR count). The zero-order valence-corrected chi connectivity index (χ0v) is 28.0. The van der Waals surface area contributed by atoms with Crippen molar-refractivity contribution in [2.75, 3.05) is 17.1 Å². The molecule has 1 N–H and O–H groups in total. The molecule has 0 aliphatic rings. The number of rotatable bonds is 14. The Bertz CT molecular complexity index is 1670. The van der Waals surface area contributed by atoms with E-state index in [1.54, 1.807) is 24.3 Å². The summed E-state index contributed by atoms with van der Waals surface area (Å²) in [4.78, 5) is 29.5. The molecular formula is C35H38BrN3O5S. The highest BCUT2D eigenvalue weighted by atomic mass is 79.9. The first-order chi connectivity index (χ1) is 21.5. The van der Waals surface area contributed by atoms with E-state index in [9.17, 15) is 18.0 Å².